The normalized spacial score (nSPS) is 10.2. The van der Waals surface area contributed by atoms with Gasteiger partial charge < -0.3 is 4.57 Å². The first-order chi connectivity index (χ1) is 5.65. The van der Waals surface area contributed by atoms with Crippen LogP contribution in [0.5, 0.6) is 0 Å². The Morgan fingerprint density at radius 1 is 1.67 bits per heavy atom. The number of hydrogen-bond acceptors (Lipinski definition) is 2. The molecule has 0 atom stereocenters. The third kappa shape index (κ3) is 1.65. The summed E-state index contributed by atoms with van der Waals surface area (Å²) in [6.07, 6.45) is 2.32. The predicted molar refractivity (Wildman–Crippen MR) is 46.6 cm³/mol. The fraction of sp³-hybridized carbons (Fsp3) is 0.556. The molecule has 1 aromatic rings. The number of imidazole rings is 1. The summed E-state index contributed by atoms with van der Waals surface area (Å²) in [7, 11) is 1.96. The lowest BCUT2D eigenvalue weighted by molar-refractivity contribution is 0.710. The van der Waals surface area contributed by atoms with Crippen LogP contribution >= 0.6 is 0 Å². The lowest BCUT2D eigenvalue weighted by Gasteiger charge is -2.02. The number of nitrogens with zero attached hydrogens (tertiary/aromatic N) is 3. The van der Waals surface area contributed by atoms with Gasteiger partial charge in [0.05, 0.1) is 18.2 Å². The van der Waals surface area contributed by atoms with Crippen molar-refractivity contribution in [3.05, 3.63) is 17.7 Å². The summed E-state index contributed by atoms with van der Waals surface area (Å²) in [6, 6.07) is 2.09. The maximum atomic E-state index is 8.46. The molecular weight excluding hydrogens is 150 g/mol. The first kappa shape index (κ1) is 8.79. The summed E-state index contributed by atoms with van der Waals surface area (Å²) in [5.74, 6) is 1.46. The highest BCUT2D eigenvalue weighted by molar-refractivity contribution is 5.10. The van der Waals surface area contributed by atoms with Gasteiger partial charge in [0, 0.05) is 19.2 Å². The standard InChI is InChI=1S/C9H13N3/c1-7(2)9-11-8(4-5-10)6-12(9)3/h6-7H,4H2,1-3H3. The monoisotopic (exact) mass is 163 g/mol. The average Bonchev–Trinajstić information content (AvgIpc) is 2.32. The minimum atomic E-state index is 0.403. The highest BCUT2D eigenvalue weighted by Gasteiger charge is 2.07. The summed E-state index contributed by atoms with van der Waals surface area (Å²) < 4.78 is 1.98. The van der Waals surface area contributed by atoms with Gasteiger partial charge >= 0.3 is 0 Å². The quantitative estimate of drug-likeness (QED) is 0.664. The number of aryl methyl sites for hydroxylation is 1. The summed E-state index contributed by atoms with van der Waals surface area (Å²) in [5.41, 5.74) is 0.865. The molecule has 0 radical (unpaired) electrons. The van der Waals surface area contributed by atoms with Crippen molar-refractivity contribution in [2.45, 2.75) is 26.2 Å². The molecule has 0 saturated carbocycles. The fourth-order valence-corrected chi connectivity index (χ4v) is 1.25. The van der Waals surface area contributed by atoms with E-state index < -0.39 is 0 Å². The predicted octanol–water partition coefficient (Wildman–Crippen LogP) is 1.61. The van der Waals surface area contributed by atoms with Crippen molar-refractivity contribution in [2.75, 3.05) is 0 Å². The zero-order valence-electron chi connectivity index (χ0n) is 7.70. The molecule has 1 heterocycles. The third-order valence-corrected chi connectivity index (χ3v) is 1.74. The van der Waals surface area contributed by atoms with Gasteiger partial charge in [-0.2, -0.15) is 5.26 Å². The van der Waals surface area contributed by atoms with Crippen molar-refractivity contribution in [1.29, 1.82) is 5.26 Å². The minimum absolute atomic E-state index is 0.403. The number of hydrogen-bond donors (Lipinski definition) is 0. The van der Waals surface area contributed by atoms with Gasteiger partial charge in [-0.25, -0.2) is 4.98 Å². The van der Waals surface area contributed by atoms with Crippen LogP contribution in [0.3, 0.4) is 0 Å². The van der Waals surface area contributed by atoms with E-state index in [9.17, 15) is 0 Å². The van der Waals surface area contributed by atoms with Gasteiger partial charge in [-0.15, -0.1) is 0 Å². The van der Waals surface area contributed by atoms with Gasteiger partial charge in [-0.05, 0) is 0 Å². The van der Waals surface area contributed by atoms with Gasteiger partial charge in [-0.1, -0.05) is 13.8 Å². The molecule has 0 fully saturated rings. The maximum Gasteiger partial charge on any atom is 0.111 e. The summed E-state index contributed by atoms with van der Waals surface area (Å²) >= 11 is 0. The molecule has 0 unspecified atom stereocenters. The zero-order valence-corrected chi connectivity index (χ0v) is 7.70. The van der Waals surface area contributed by atoms with Crippen LogP contribution in [0.25, 0.3) is 0 Å². The molecule has 0 aliphatic heterocycles. The molecule has 0 saturated heterocycles. The Balaban J connectivity index is 2.94. The van der Waals surface area contributed by atoms with Crippen LogP contribution in [0.15, 0.2) is 6.20 Å². The maximum absolute atomic E-state index is 8.46. The van der Waals surface area contributed by atoms with Crippen molar-refractivity contribution >= 4 is 0 Å². The molecular formula is C9H13N3. The van der Waals surface area contributed by atoms with E-state index in [1.165, 1.54) is 0 Å². The Labute approximate surface area is 72.7 Å². The highest BCUT2D eigenvalue weighted by Crippen LogP contribution is 2.12. The fourth-order valence-electron chi connectivity index (χ4n) is 1.25. The van der Waals surface area contributed by atoms with Gasteiger partial charge in [-0.3, -0.25) is 0 Å². The van der Waals surface area contributed by atoms with E-state index in [4.69, 9.17) is 5.26 Å². The first-order valence-corrected chi connectivity index (χ1v) is 4.04. The number of aromatic nitrogens is 2. The van der Waals surface area contributed by atoms with Crippen LogP contribution in [0, 0.1) is 11.3 Å². The second kappa shape index (κ2) is 3.40. The SMILES string of the molecule is CC(C)c1nc(CC#N)cn1C. The van der Waals surface area contributed by atoms with E-state index in [1.807, 2.05) is 17.8 Å². The van der Waals surface area contributed by atoms with Crippen molar-refractivity contribution in [2.24, 2.45) is 7.05 Å². The molecule has 0 bridgehead atoms. The molecule has 3 nitrogen and oxygen atoms in total. The van der Waals surface area contributed by atoms with Crippen molar-refractivity contribution in [3.63, 3.8) is 0 Å². The Kier molecular flexibility index (Phi) is 2.49. The van der Waals surface area contributed by atoms with Crippen LogP contribution in [0.4, 0.5) is 0 Å². The lowest BCUT2D eigenvalue weighted by atomic mass is 10.2. The summed E-state index contributed by atoms with van der Waals surface area (Å²) in [5, 5.41) is 8.46. The zero-order chi connectivity index (χ0) is 9.14. The molecule has 0 aliphatic carbocycles. The molecule has 1 aromatic heterocycles. The molecule has 64 valence electrons. The highest BCUT2D eigenvalue weighted by atomic mass is 15.0. The Morgan fingerprint density at radius 2 is 2.33 bits per heavy atom. The van der Waals surface area contributed by atoms with Crippen LogP contribution in [0.2, 0.25) is 0 Å². The minimum Gasteiger partial charge on any atom is -0.337 e. The van der Waals surface area contributed by atoms with Crippen molar-refractivity contribution in [1.82, 2.24) is 9.55 Å². The smallest absolute Gasteiger partial charge is 0.111 e. The Bertz CT molecular complexity index is 304. The van der Waals surface area contributed by atoms with Gasteiger partial charge in [0.2, 0.25) is 0 Å². The van der Waals surface area contributed by atoms with E-state index in [0.29, 0.717) is 12.3 Å². The van der Waals surface area contributed by atoms with Gasteiger partial charge in [0.25, 0.3) is 0 Å². The summed E-state index contributed by atoms with van der Waals surface area (Å²) in [4.78, 5) is 4.34. The van der Waals surface area contributed by atoms with E-state index >= 15 is 0 Å². The topological polar surface area (TPSA) is 41.6 Å². The van der Waals surface area contributed by atoms with Crippen LogP contribution in [-0.4, -0.2) is 9.55 Å². The van der Waals surface area contributed by atoms with E-state index in [2.05, 4.69) is 24.9 Å². The van der Waals surface area contributed by atoms with Crippen LogP contribution in [-0.2, 0) is 13.5 Å². The second-order valence-corrected chi connectivity index (χ2v) is 3.19. The van der Waals surface area contributed by atoms with Gasteiger partial charge in [0.1, 0.15) is 5.82 Å². The largest absolute Gasteiger partial charge is 0.337 e. The van der Waals surface area contributed by atoms with Gasteiger partial charge in [0.15, 0.2) is 0 Å². The Hall–Kier alpha value is -1.30. The molecule has 0 amide bonds. The van der Waals surface area contributed by atoms with E-state index in [1.54, 1.807) is 0 Å². The second-order valence-electron chi connectivity index (χ2n) is 3.19. The average molecular weight is 163 g/mol. The molecule has 0 spiro atoms. The van der Waals surface area contributed by atoms with Crippen molar-refractivity contribution in [3.8, 4) is 6.07 Å². The third-order valence-electron chi connectivity index (χ3n) is 1.74. The number of nitriles is 1. The first-order valence-electron chi connectivity index (χ1n) is 4.04. The van der Waals surface area contributed by atoms with Crippen molar-refractivity contribution < 1.29 is 0 Å². The van der Waals surface area contributed by atoms with Crippen LogP contribution < -0.4 is 0 Å². The van der Waals surface area contributed by atoms with Crippen LogP contribution in [0.1, 0.15) is 31.3 Å². The lowest BCUT2D eigenvalue weighted by Crippen LogP contribution is -1.98. The molecule has 0 N–H and O–H groups in total. The molecule has 0 aliphatic rings. The molecule has 3 heteroatoms. The Morgan fingerprint density at radius 3 is 2.75 bits per heavy atom. The molecule has 0 aromatic carbocycles. The van der Waals surface area contributed by atoms with E-state index in [-0.39, 0.29) is 0 Å². The molecule has 1 rings (SSSR count). The summed E-state index contributed by atoms with van der Waals surface area (Å²) in [6.45, 7) is 4.19. The molecule has 12 heavy (non-hydrogen) atoms. The number of rotatable bonds is 2. The van der Waals surface area contributed by atoms with E-state index in [0.717, 1.165) is 11.5 Å².